The maximum absolute atomic E-state index is 13.1. The third-order valence-corrected chi connectivity index (χ3v) is 4.64. The van der Waals surface area contributed by atoms with E-state index in [4.69, 9.17) is 9.73 Å². The van der Waals surface area contributed by atoms with Crippen molar-refractivity contribution in [1.82, 2.24) is 0 Å². The predicted molar refractivity (Wildman–Crippen MR) is 125 cm³/mol. The van der Waals surface area contributed by atoms with Crippen molar-refractivity contribution in [2.24, 2.45) is 4.99 Å². The van der Waals surface area contributed by atoms with E-state index in [1.807, 2.05) is 60.7 Å². The van der Waals surface area contributed by atoms with E-state index in [9.17, 15) is 13.6 Å². The maximum atomic E-state index is 13.1. The van der Waals surface area contributed by atoms with Crippen LogP contribution in [0.15, 0.2) is 89.9 Å². The Labute approximate surface area is 192 Å². The molecule has 4 nitrogen and oxygen atoms in total. The van der Waals surface area contributed by atoms with Gasteiger partial charge in [-0.3, -0.25) is 4.99 Å². The fraction of sp³-hybridized carbons (Fsp3) is 0.259. The highest BCUT2D eigenvalue weighted by Gasteiger charge is 2.26. The molecule has 0 radical (unpaired) electrons. The minimum Gasteiger partial charge on any atom is -0.458 e. The third kappa shape index (κ3) is 7.52. The molecule has 0 heterocycles. The summed E-state index contributed by atoms with van der Waals surface area (Å²) in [4.78, 5) is 18.0. The van der Waals surface area contributed by atoms with Crippen molar-refractivity contribution >= 4 is 11.7 Å². The van der Waals surface area contributed by atoms with Crippen LogP contribution in [-0.4, -0.2) is 29.9 Å². The van der Waals surface area contributed by atoms with Gasteiger partial charge in [0.2, 0.25) is 0 Å². The van der Waals surface area contributed by atoms with E-state index in [1.165, 1.54) is 12.1 Å². The van der Waals surface area contributed by atoms with Crippen LogP contribution in [0.25, 0.3) is 0 Å². The van der Waals surface area contributed by atoms with Crippen LogP contribution in [0, 0.1) is 0 Å². The molecule has 0 aliphatic rings. The average molecular weight is 452 g/mol. The number of carbonyl (C=O) groups excluding carboxylic acids is 1. The van der Waals surface area contributed by atoms with Crippen LogP contribution in [-0.2, 0) is 16.0 Å². The third-order valence-electron chi connectivity index (χ3n) is 4.64. The molecule has 0 saturated carbocycles. The van der Waals surface area contributed by atoms with Gasteiger partial charge in [0.25, 0.3) is 0 Å². The summed E-state index contributed by atoms with van der Waals surface area (Å²) in [6.07, 6.45) is 0.243. The first kappa shape index (κ1) is 24.1. The van der Waals surface area contributed by atoms with E-state index in [-0.39, 0.29) is 12.2 Å². The highest BCUT2D eigenvalue weighted by atomic mass is 19.3. The molecule has 0 bridgehead atoms. The van der Waals surface area contributed by atoms with Crippen LogP contribution in [0.5, 0.6) is 5.75 Å². The van der Waals surface area contributed by atoms with Crippen LogP contribution in [0.4, 0.5) is 8.78 Å². The summed E-state index contributed by atoms with van der Waals surface area (Å²) in [6, 6.07) is 24.6. The van der Waals surface area contributed by atoms with Gasteiger partial charge in [0.15, 0.2) is 6.04 Å². The molecule has 0 aromatic heterocycles. The Bertz CT molecular complexity index is 1020. The first-order chi connectivity index (χ1) is 15.7. The van der Waals surface area contributed by atoms with Gasteiger partial charge >= 0.3 is 12.6 Å². The largest absolute Gasteiger partial charge is 0.458 e. The Morgan fingerprint density at radius 2 is 1.36 bits per heavy atom. The predicted octanol–water partition coefficient (Wildman–Crippen LogP) is 6.08. The second-order valence-electron chi connectivity index (χ2n) is 8.49. The first-order valence-corrected chi connectivity index (χ1v) is 10.7. The van der Waals surface area contributed by atoms with Crippen LogP contribution in [0.2, 0.25) is 0 Å². The summed E-state index contributed by atoms with van der Waals surface area (Å²) in [7, 11) is 0. The Hall–Kier alpha value is -3.54. The van der Waals surface area contributed by atoms with Gasteiger partial charge in [0, 0.05) is 17.5 Å². The molecule has 0 fully saturated rings. The lowest BCUT2D eigenvalue weighted by Gasteiger charge is -2.23. The zero-order valence-corrected chi connectivity index (χ0v) is 18.9. The van der Waals surface area contributed by atoms with Gasteiger partial charge in [-0.15, -0.1) is 0 Å². The van der Waals surface area contributed by atoms with Gasteiger partial charge in [0.05, 0.1) is 5.71 Å². The molecule has 0 aliphatic heterocycles. The molecule has 0 saturated heterocycles. The number of halogens is 2. The number of rotatable bonds is 8. The molecule has 3 aromatic rings. The SMILES string of the molecule is CC(C)(C)OC(=O)[C@H](Cc1ccc(OC(F)F)cc1)N=C(c1ccccc1)c1ccccc1. The van der Waals surface area contributed by atoms with Gasteiger partial charge in [-0.25, -0.2) is 4.79 Å². The van der Waals surface area contributed by atoms with Crippen LogP contribution >= 0.6 is 0 Å². The fourth-order valence-corrected chi connectivity index (χ4v) is 3.25. The van der Waals surface area contributed by atoms with Crippen LogP contribution < -0.4 is 4.74 Å². The van der Waals surface area contributed by atoms with E-state index in [0.717, 1.165) is 16.7 Å². The van der Waals surface area contributed by atoms with Crippen LogP contribution in [0.3, 0.4) is 0 Å². The smallest absolute Gasteiger partial charge is 0.387 e. The van der Waals surface area contributed by atoms with Gasteiger partial charge in [-0.2, -0.15) is 8.78 Å². The Morgan fingerprint density at radius 1 is 0.848 bits per heavy atom. The molecule has 0 amide bonds. The van der Waals surface area contributed by atoms with E-state index >= 15 is 0 Å². The molecule has 33 heavy (non-hydrogen) atoms. The maximum Gasteiger partial charge on any atom is 0.387 e. The zero-order chi connectivity index (χ0) is 23.8. The number of ether oxygens (including phenoxy) is 2. The minimum absolute atomic E-state index is 0.0559. The zero-order valence-electron chi connectivity index (χ0n) is 18.9. The van der Waals surface area contributed by atoms with Crippen molar-refractivity contribution in [2.75, 3.05) is 0 Å². The van der Waals surface area contributed by atoms with Gasteiger partial charge in [-0.1, -0.05) is 72.8 Å². The number of benzene rings is 3. The Kier molecular flexibility index (Phi) is 7.93. The summed E-state index contributed by atoms with van der Waals surface area (Å²) in [5.41, 5.74) is 2.48. The highest BCUT2D eigenvalue weighted by Crippen LogP contribution is 2.20. The molecule has 0 unspecified atom stereocenters. The van der Waals surface area contributed by atoms with Crippen molar-refractivity contribution in [2.45, 2.75) is 45.4 Å². The lowest BCUT2D eigenvalue weighted by molar-refractivity contribution is -0.156. The van der Waals surface area contributed by atoms with E-state index in [1.54, 1.807) is 32.9 Å². The van der Waals surface area contributed by atoms with Crippen molar-refractivity contribution < 1.29 is 23.0 Å². The fourth-order valence-electron chi connectivity index (χ4n) is 3.25. The number of alkyl halides is 2. The number of nitrogens with zero attached hydrogens (tertiary/aromatic N) is 1. The summed E-state index contributed by atoms with van der Waals surface area (Å²) in [6.45, 7) is 2.51. The summed E-state index contributed by atoms with van der Waals surface area (Å²) < 4.78 is 35.0. The second-order valence-corrected chi connectivity index (χ2v) is 8.49. The number of hydrogen-bond donors (Lipinski definition) is 0. The Balaban J connectivity index is 1.99. The molecule has 1 atom stereocenters. The van der Waals surface area contributed by atoms with Crippen molar-refractivity contribution in [3.05, 3.63) is 102 Å². The number of esters is 1. The summed E-state index contributed by atoms with van der Waals surface area (Å²) in [5.74, 6) is -0.403. The molecular formula is C27H27F2NO3. The first-order valence-electron chi connectivity index (χ1n) is 10.7. The lowest BCUT2D eigenvalue weighted by atomic mass is 10.0. The second kappa shape index (κ2) is 10.9. The van der Waals surface area contributed by atoms with Gasteiger partial charge < -0.3 is 9.47 Å². The van der Waals surface area contributed by atoms with Crippen molar-refractivity contribution in [3.8, 4) is 5.75 Å². The monoisotopic (exact) mass is 451 g/mol. The van der Waals surface area contributed by atoms with E-state index in [0.29, 0.717) is 5.71 Å². The average Bonchev–Trinajstić information content (AvgIpc) is 2.77. The molecule has 0 aliphatic carbocycles. The van der Waals surface area contributed by atoms with Gasteiger partial charge in [-0.05, 0) is 38.5 Å². The van der Waals surface area contributed by atoms with Crippen molar-refractivity contribution in [1.29, 1.82) is 0 Å². The summed E-state index contributed by atoms with van der Waals surface area (Å²) in [5, 5.41) is 0. The standard InChI is InChI=1S/C27H27F2NO3/c1-27(2,3)33-25(31)23(18-19-14-16-22(17-15-19)32-26(28)29)30-24(20-10-6-4-7-11-20)21-12-8-5-9-13-21/h4-17,23,26H,18H2,1-3H3/t23-/m0/s1. The topological polar surface area (TPSA) is 47.9 Å². The highest BCUT2D eigenvalue weighted by molar-refractivity contribution is 6.13. The molecule has 3 rings (SSSR count). The molecule has 3 aromatic carbocycles. The van der Waals surface area contributed by atoms with E-state index < -0.39 is 24.2 Å². The lowest BCUT2D eigenvalue weighted by Crippen LogP contribution is -2.33. The van der Waals surface area contributed by atoms with Crippen LogP contribution in [0.1, 0.15) is 37.5 Å². The quantitative estimate of drug-likeness (QED) is 0.308. The number of carbonyl (C=O) groups is 1. The molecule has 0 N–H and O–H groups in total. The van der Waals surface area contributed by atoms with Gasteiger partial charge in [0.1, 0.15) is 11.4 Å². The summed E-state index contributed by atoms with van der Waals surface area (Å²) >= 11 is 0. The normalized spacial score (nSPS) is 12.2. The van der Waals surface area contributed by atoms with Crippen molar-refractivity contribution in [3.63, 3.8) is 0 Å². The minimum atomic E-state index is -2.89. The Morgan fingerprint density at radius 3 is 1.82 bits per heavy atom. The van der Waals surface area contributed by atoms with E-state index in [2.05, 4.69) is 4.74 Å². The molecule has 172 valence electrons. The number of aliphatic imine (C=N–C) groups is 1. The number of hydrogen-bond acceptors (Lipinski definition) is 4. The molecule has 0 spiro atoms. The molecule has 6 heteroatoms. The molecular weight excluding hydrogens is 424 g/mol.